The predicted octanol–water partition coefficient (Wildman–Crippen LogP) is 4.49. The van der Waals surface area contributed by atoms with E-state index in [-0.39, 0.29) is 25.0 Å². The maximum absolute atomic E-state index is 13.7. The van der Waals surface area contributed by atoms with E-state index in [0.29, 0.717) is 16.2 Å². The van der Waals surface area contributed by atoms with Gasteiger partial charge in [-0.1, -0.05) is 29.8 Å². The van der Waals surface area contributed by atoms with E-state index in [1.165, 1.54) is 10.6 Å². The lowest BCUT2D eigenvalue weighted by atomic mass is 10.1. The van der Waals surface area contributed by atoms with Gasteiger partial charge in [-0.2, -0.15) is 4.31 Å². The first-order chi connectivity index (χ1) is 15.2. The van der Waals surface area contributed by atoms with E-state index < -0.39 is 10.0 Å². The second-order valence-corrected chi connectivity index (χ2v) is 10.4. The fraction of sp³-hybridized carbons (Fsp3) is 0.320. The van der Waals surface area contributed by atoms with Gasteiger partial charge in [0, 0.05) is 18.2 Å². The third kappa shape index (κ3) is 4.95. The summed E-state index contributed by atoms with van der Waals surface area (Å²) in [5.74, 6) is 0.474. The lowest BCUT2D eigenvalue weighted by molar-refractivity contribution is 0.0951. The molecule has 7 heteroatoms. The lowest BCUT2D eigenvalue weighted by Crippen LogP contribution is -2.31. The number of rotatable bonds is 8. The molecule has 168 valence electrons. The number of benzene rings is 2. The average molecular weight is 453 g/mol. The molecule has 1 amide bonds. The van der Waals surface area contributed by atoms with Crippen molar-refractivity contribution in [2.24, 2.45) is 0 Å². The van der Waals surface area contributed by atoms with Crippen LogP contribution in [-0.4, -0.2) is 24.7 Å². The third-order valence-corrected chi connectivity index (χ3v) is 7.70. The molecule has 0 bridgehead atoms. The number of nitrogens with one attached hydrogen (secondary N) is 1. The normalized spacial score (nSPS) is 14.0. The summed E-state index contributed by atoms with van der Waals surface area (Å²) < 4.78 is 34.4. The van der Waals surface area contributed by atoms with Crippen LogP contribution < -0.4 is 5.32 Å². The molecule has 2 aromatic carbocycles. The van der Waals surface area contributed by atoms with Crippen molar-refractivity contribution in [1.29, 1.82) is 0 Å². The van der Waals surface area contributed by atoms with Crippen LogP contribution in [0.1, 0.15) is 51.2 Å². The van der Waals surface area contributed by atoms with E-state index in [1.807, 2.05) is 32.9 Å². The summed E-state index contributed by atoms with van der Waals surface area (Å²) in [6, 6.07) is 14.7. The van der Waals surface area contributed by atoms with E-state index in [2.05, 4.69) is 5.32 Å². The number of nitrogens with zero attached hydrogens (tertiary/aromatic N) is 1. The quantitative estimate of drug-likeness (QED) is 0.546. The zero-order valence-corrected chi connectivity index (χ0v) is 19.4. The molecule has 3 aromatic rings. The molecule has 0 radical (unpaired) electrons. The molecule has 1 N–H and O–H groups in total. The van der Waals surface area contributed by atoms with Gasteiger partial charge in [0.05, 0.1) is 17.7 Å². The van der Waals surface area contributed by atoms with Gasteiger partial charge in [-0.05, 0) is 74.6 Å². The molecule has 1 fully saturated rings. The fourth-order valence-electron chi connectivity index (χ4n) is 3.97. The Morgan fingerprint density at radius 1 is 1.03 bits per heavy atom. The number of carbonyl (C=O) groups excluding carboxylic acids is 1. The SMILES string of the molecule is Cc1cc(C)c(S(=O)(=O)N(Cc2ccc(C(=O)NC3CC3)cc2)Cc2ccco2)c(C)c1. The molecular weight excluding hydrogens is 424 g/mol. The van der Waals surface area contributed by atoms with Crippen LogP contribution >= 0.6 is 0 Å². The van der Waals surface area contributed by atoms with E-state index >= 15 is 0 Å². The van der Waals surface area contributed by atoms with Crippen LogP contribution in [-0.2, 0) is 23.1 Å². The van der Waals surface area contributed by atoms with E-state index in [1.54, 1.807) is 36.4 Å². The van der Waals surface area contributed by atoms with Crippen LogP contribution in [0.25, 0.3) is 0 Å². The molecule has 0 saturated heterocycles. The molecule has 1 aromatic heterocycles. The summed E-state index contributed by atoms with van der Waals surface area (Å²) >= 11 is 0. The number of furan rings is 1. The van der Waals surface area contributed by atoms with Crippen LogP contribution in [0, 0.1) is 20.8 Å². The van der Waals surface area contributed by atoms with E-state index in [4.69, 9.17) is 4.42 Å². The highest BCUT2D eigenvalue weighted by molar-refractivity contribution is 7.89. The molecule has 1 aliphatic carbocycles. The molecule has 0 unspecified atom stereocenters. The summed E-state index contributed by atoms with van der Waals surface area (Å²) in [7, 11) is -3.79. The number of carbonyl (C=O) groups is 1. The predicted molar refractivity (Wildman–Crippen MR) is 123 cm³/mol. The Balaban J connectivity index is 1.63. The van der Waals surface area contributed by atoms with Crippen LogP contribution in [0.15, 0.2) is 64.1 Å². The first-order valence-corrected chi connectivity index (χ1v) is 12.2. The zero-order valence-electron chi connectivity index (χ0n) is 18.6. The van der Waals surface area contributed by atoms with Gasteiger partial charge < -0.3 is 9.73 Å². The monoisotopic (exact) mass is 452 g/mol. The van der Waals surface area contributed by atoms with E-state index in [0.717, 1.165) is 35.1 Å². The first-order valence-electron chi connectivity index (χ1n) is 10.7. The van der Waals surface area contributed by atoms with Crippen LogP contribution in [0.4, 0.5) is 0 Å². The highest BCUT2D eigenvalue weighted by atomic mass is 32.2. The van der Waals surface area contributed by atoms with Crippen molar-refractivity contribution >= 4 is 15.9 Å². The second kappa shape index (κ2) is 8.92. The van der Waals surface area contributed by atoms with Gasteiger partial charge in [0.1, 0.15) is 5.76 Å². The standard InChI is InChI=1S/C25H28N2O4S/c1-17-13-18(2)24(19(3)14-17)32(29,30)27(16-23-5-4-12-31-23)15-20-6-8-21(9-7-20)25(28)26-22-10-11-22/h4-9,12-14,22H,10-11,15-16H2,1-3H3,(H,26,28). The fourth-order valence-corrected chi connectivity index (χ4v) is 5.77. The summed E-state index contributed by atoms with van der Waals surface area (Å²) in [5.41, 5.74) is 3.84. The Hall–Kier alpha value is -2.90. The molecular formula is C25H28N2O4S. The van der Waals surface area contributed by atoms with Crippen molar-refractivity contribution in [2.45, 2.75) is 57.6 Å². The molecule has 1 heterocycles. The minimum atomic E-state index is -3.79. The molecule has 32 heavy (non-hydrogen) atoms. The van der Waals surface area contributed by atoms with Crippen LogP contribution in [0.5, 0.6) is 0 Å². The van der Waals surface area contributed by atoms with Crippen LogP contribution in [0.3, 0.4) is 0 Å². The summed E-state index contributed by atoms with van der Waals surface area (Å²) in [6.07, 6.45) is 3.60. The molecule has 0 spiro atoms. The summed E-state index contributed by atoms with van der Waals surface area (Å²) in [5, 5.41) is 2.97. The molecule has 0 aliphatic heterocycles. The number of amides is 1. The smallest absolute Gasteiger partial charge is 0.251 e. The van der Waals surface area contributed by atoms with Crippen molar-refractivity contribution in [3.05, 3.63) is 88.4 Å². The maximum Gasteiger partial charge on any atom is 0.251 e. The highest BCUT2D eigenvalue weighted by Crippen LogP contribution is 2.28. The molecule has 6 nitrogen and oxygen atoms in total. The van der Waals surface area contributed by atoms with Crippen LogP contribution in [0.2, 0.25) is 0 Å². The van der Waals surface area contributed by atoms with Crippen molar-refractivity contribution in [2.75, 3.05) is 0 Å². The van der Waals surface area contributed by atoms with Gasteiger partial charge >= 0.3 is 0 Å². The lowest BCUT2D eigenvalue weighted by Gasteiger charge is -2.24. The molecule has 0 atom stereocenters. The minimum absolute atomic E-state index is 0.0926. The van der Waals surface area contributed by atoms with Crippen molar-refractivity contribution in [3.63, 3.8) is 0 Å². The Labute approximate surface area is 189 Å². The van der Waals surface area contributed by atoms with Gasteiger partial charge in [-0.3, -0.25) is 4.79 Å². The highest BCUT2D eigenvalue weighted by Gasteiger charge is 2.29. The average Bonchev–Trinajstić information content (AvgIpc) is 3.38. The molecule has 1 saturated carbocycles. The van der Waals surface area contributed by atoms with Gasteiger partial charge in [0.25, 0.3) is 5.91 Å². The minimum Gasteiger partial charge on any atom is -0.468 e. The second-order valence-electron chi connectivity index (χ2n) is 8.52. The third-order valence-electron chi connectivity index (χ3n) is 5.60. The maximum atomic E-state index is 13.7. The number of hydrogen-bond acceptors (Lipinski definition) is 4. The number of hydrogen-bond donors (Lipinski definition) is 1. The van der Waals surface area contributed by atoms with Gasteiger partial charge in [-0.25, -0.2) is 8.42 Å². The van der Waals surface area contributed by atoms with Gasteiger partial charge in [0.15, 0.2) is 0 Å². The zero-order chi connectivity index (χ0) is 22.9. The first kappa shape index (κ1) is 22.3. The van der Waals surface area contributed by atoms with Crippen molar-refractivity contribution in [3.8, 4) is 0 Å². The van der Waals surface area contributed by atoms with Gasteiger partial charge in [-0.15, -0.1) is 0 Å². The Bertz CT molecular complexity index is 1190. The Morgan fingerprint density at radius 2 is 1.69 bits per heavy atom. The number of sulfonamides is 1. The molecule has 1 aliphatic rings. The molecule has 4 rings (SSSR count). The number of aryl methyl sites for hydroxylation is 3. The van der Waals surface area contributed by atoms with Crippen molar-refractivity contribution in [1.82, 2.24) is 9.62 Å². The summed E-state index contributed by atoms with van der Waals surface area (Å²) in [4.78, 5) is 12.6. The Kier molecular flexibility index (Phi) is 6.22. The topological polar surface area (TPSA) is 79.6 Å². The largest absolute Gasteiger partial charge is 0.468 e. The van der Waals surface area contributed by atoms with Gasteiger partial charge in [0.2, 0.25) is 10.0 Å². The van der Waals surface area contributed by atoms with Crippen molar-refractivity contribution < 1.29 is 17.6 Å². The van der Waals surface area contributed by atoms with E-state index in [9.17, 15) is 13.2 Å². The Morgan fingerprint density at radius 3 is 2.25 bits per heavy atom. The summed E-state index contributed by atoms with van der Waals surface area (Å²) in [6.45, 7) is 5.89.